The Kier molecular flexibility index (Phi) is 6.22. The molecule has 4 aromatic rings. The van der Waals surface area contributed by atoms with Crippen LogP contribution in [0, 0.1) is 0 Å². The number of piperazine rings is 1. The normalized spacial score (nSPS) is 17.4. The number of carbonyl (C=O) groups is 1. The Labute approximate surface area is 215 Å². The molecule has 3 heterocycles. The first kappa shape index (κ1) is 23.1. The number of hydrogen-bond acceptors (Lipinski definition) is 8. The van der Waals surface area contributed by atoms with Gasteiger partial charge in [0, 0.05) is 56.3 Å². The summed E-state index contributed by atoms with van der Waals surface area (Å²) in [7, 11) is 1.64. The number of aromatic nitrogens is 2. The lowest BCUT2D eigenvalue weighted by atomic mass is 9.84. The summed E-state index contributed by atoms with van der Waals surface area (Å²) in [6.07, 6.45) is 2.66. The van der Waals surface area contributed by atoms with Gasteiger partial charge >= 0.3 is 0 Å². The lowest BCUT2D eigenvalue weighted by Crippen LogP contribution is -2.47. The van der Waals surface area contributed by atoms with E-state index in [1.165, 1.54) is 5.69 Å². The molecular weight excluding hydrogens is 466 g/mol. The van der Waals surface area contributed by atoms with Gasteiger partial charge in [0.05, 0.1) is 24.6 Å². The van der Waals surface area contributed by atoms with Gasteiger partial charge in [-0.25, -0.2) is 4.98 Å². The van der Waals surface area contributed by atoms with E-state index in [2.05, 4.69) is 39.4 Å². The Hall–Kier alpha value is -4.33. The second-order valence-electron chi connectivity index (χ2n) is 9.40. The average Bonchev–Trinajstić information content (AvgIpc) is 3.49. The first-order chi connectivity index (χ1) is 18.2. The van der Waals surface area contributed by atoms with Crippen LogP contribution in [0.4, 0.5) is 23.1 Å². The minimum absolute atomic E-state index is 0.0264. The van der Waals surface area contributed by atoms with Crippen LogP contribution in [0.15, 0.2) is 77.4 Å². The molecule has 2 aliphatic rings. The zero-order chi connectivity index (χ0) is 25.2. The highest BCUT2D eigenvalue weighted by molar-refractivity contribution is 6.03. The molecule has 0 amide bonds. The number of anilines is 4. The van der Waals surface area contributed by atoms with E-state index in [1.807, 2.05) is 42.5 Å². The third-order valence-electron chi connectivity index (χ3n) is 7.10. The number of furan rings is 1. The van der Waals surface area contributed by atoms with Crippen LogP contribution in [0.2, 0.25) is 0 Å². The van der Waals surface area contributed by atoms with Crippen LogP contribution in [0.1, 0.15) is 34.2 Å². The standard InChI is InChI=1S/C29H29N5O3/c1-36-23-11-9-21(10-12-23)30-28-27-24(18-20(19-25(27)35)26-8-5-17-37-26)31-29(32-28)34-15-13-33(14-16-34)22-6-3-2-4-7-22/h2-12,17,20H,13-16,18-19H2,1H3,(H,30,31,32). The molecule has 37 heavy (non-hydrogen) atoms. The number of fused-ring (bicyclic) bond motifs is 1. The summed E-state index contributed by atoms with van der Waals surface area (Å²) in [5.41, 5.74) is 3.40. The van der Waals surface area contributed by atoms with Gasteiger partial charge in [-0.05, 0) is 48.5 Å². The maximum Gasteiger partial charge on any atom is 0.227 e. The Bertz CT molecular complexity index is 1360. The van der Waals surface area contributed by atoms with Crippen molar-refractivity contribution in [2.45, 2.75) is 18.8 Å². The Morgan fingerprint density at radius 1 is 0.892 bits per heavy atom. The largest absolute Gasteiger partial charge is 0.497 e. The molecule has 1 N–H and O–H groups in total. The fourth-order valence-corrected chi connectivity index (χ4v) is 5.14. The fourth-order valence-electron chi connectivity index (χ4n) is 5.14. The molecule has 1 aliphatic heterocycles. The molecule has 1 fully saturated rings. The number of hydrogen-bond donors (Lipinski definition) is 1. The van der Waals surface area contributed by atoms with E-state index >= 15 is 0 Å². The van der Waals surface area contributed by atoms with Gasteiger partial charge in [0.1, 0.15) is 17.3 Å². The van der Waals surface area contributed by atoms with Crippen molar-refractivity contribution in [2.24, 2.45) is 0 Å². The Morgan fingerprint density at radius 2 is 1.65 bits per heavy atom. The lowest BCUT2D eigenvalue weighted by molar-refractivity contribution is 0.0959. The molecule has 1 aliphatic carbocycles. The quantitative estimate of drug-likeness (QED) is 0.397. The molecular formula is C29H29N5O3. The lowest BCUT2D eigenvalue weighted by Gasteiger charge is -2.36. The van der Waals surface area contributed by atoms with E-state index in [9.17, 15) is 4.79 Å². The van der Waals surface area contributed by atoms with Crippen LogP contribution in [0.25, 0.3) is 0 Å². The highest BCUT2D eigenvalue weighted by Gasteiger charge is 2.33. The van der Waals surface area contributed by atoms with Crippen molar-refractivity contribution in [2.75, 3.05) is 48.4 Å². The first-order valence-corrected chi connectivity index (χ1v) is 12.6. The highest BCUT2D eigenvalue weighted by Crippen LogP contribution is 2.37. The van der Waals surface area contributed by atoms with E-state index < -0.39 is 0 Å². The van der Waals surface area contributed by atoms with Gasteiger partial charge in [0.25, 0.3) is 0 Å². The number of benzene rings is 2. The van der Waals surface area contributed by atoms with Crippen molar-refractivity contribution >= 4 is 28.9 Å². The number of Topliss-reactive ketones (excluding diaryl/α,β-unsaturated/α-hetero) is 1. The van der Waals surface area contributed by atoms with E-state index in [4.69, 9.17) is 19.1 Å². The number of nitrogens with zero attached hydrogens (tertiary/aromatic N) is 4. The molecule has 2 aromatic carbocycles. The van der Waals surface area contributed by atoms with E-state index in [1.54, 1.807) is 13.4 Å². The van der Waals surface area contributed by atoms with Crippen molar-refractivity contribution in [1.82, 2.24) is 9.97 Å². The molecule has 1 saturated heterocycles. The summed E-state index contributed by atoms with van der Waals surface area (Å²) in [6, 6.07) is 21.9. The molecule has 1 unspecified atom stereocenters. The summed E-state index contributed by atoms with van der Waals surface area (Å²) in [6.45, 7) is 3.34. The van der Waals surface area contributed by atoms with Crippen LogP contribution >= 0.6 is 0 Å². The summed E-state index contributed by atoms with van der Waals surface area (Å²) in [4.78, 5) is 27.8. The maximum absolute atomic E-state index is 13.4. The number of ketones is 1. The molecule has 8 heteroatoms. The third kappa shape index (κ3) is 4.74. The van der Waals surface area contributed by atoms with Crippen LogP contribution < -0.4 is 19.9 Å². The van der Waals surface area contributed by atoms with Crippen molar-refractivity contribution in [3.63, 3.8) is 0 Å². The second-order valence-corrected chi connectivity index (χ2v) is 9.40. The predicted octanol–water partition coefficient (Wildman–Crippen LogP) is 5.06. The Balaban J connectivity index is 1.31. The number of rotatable bonds is 6. The predicted molar refractivity (Wildman–Crippen MR) is 143 cm³/mol. The molecule has 2 aromatic heterocycles. The van der Waals surface area contributed by atoms with E-state index in [0.29, 0.717) is 30.2 Å². The monoisotopic (exact) mass is 495 g/mol. The average molecular weight is 496 g/mol. The van der Waals surface area contributed by atoms with Gasteiger partial charge in [-0.15, -0.1) is 0 Å². The molecule has 1 atom stereocenters. The van der Waals surface area contributed by atoms with E-state index in [0.717, 1.165) is 49.1 Å². The first-order valence-electron chi connectivity index (χ1n) is 12.6. The smallest absolute Gasteiger partial charge is 0.227 e. The Morgan fingerprint density at radius 3 is 2.35 bits per heavy atom. The topological polar surface area (TPSA) is 83.7 Å². The number of para-hydroxylation sites is 1. The van der Waals surface area contributed by atoms with Gasteiger partial charge in [-0.1, -0.05) is 18.2 Å². The molecule has 0 saturated carbocycles. The van der Waals surface area contributed by atoms with Crippen molar-refractivity contribution in [1.29, 1.82) is 0 Å². The minimum atomic E-state index is -0.0264. The molecule has 188 valence electrons. The van der Waals surface area contributed by atoms with Gasteiger partial charge in [0.15, 0.2) is 5.78 Å². The van der Waals surface area contributed by atoms with Gasteiger partial charge < -0.3 is 24.3 Å². The zero-order valence-electron chi connectivity index (χ0n) is 20.8. The van der Waals surface area contributed by atoms with Crippen molar-refractivity contribution < 1.29 is 13.9 Å². The number of ether oxygens (including phenoxy) is 1. The van der Waals surface area contributed by atoms with Crippen LogP contribution in [0.3, 0.4) is 0 Å². The van der Waals surface area contributed by atoms with Crippen molar-refractivity contribution in [3.05, 3.63) is 90.0 Å². The summed E-state index contributed by atoms with van der Waals surface area (Å²) < 4.78 is 10.9. The van der Waals surface area contributed by atoms with Gasteiger partial charge in [0.2, 0.25) is 5.95 Å². The highest BCUT2D eigenvalue weighted by atomic mass is 16.5. The van der Waals surface area contributed by atoms with Gasteiger partial charge in [-0.2, -0.15) is 4.98 Å². The van der Waals surface area contributed by atoms with Crippen LogP contribution in [-0.4, -0.2) is 49.0 Å². The number of nitrogens with one attached hydrogen (secondary N) is 1. The fraction of sp³-hybridized carbons (Fsp3) is 0.276. The summed E-state index contributed by atoms with van der Waals surface area (Å²) in [5, 5.41) is 3.39. The van der Waals surface area contributed by atoms with Crippen molar-refractivity contribution in [3.8, 4) is 5.75 Å². The minimum Gasteiger partial charge on any atom is -0.497 e. The van der Waals surface area contributed by atoms with Gasteiger partial charge in [-0.3, -0.25) is 4.79 Å². The maximum atomic E-state index is 13.4. The van der Waals surface area contributed by atoms with E-state index in [-0.39, 0.29) is 11.7 Å². The number of carbonyl (C=O) groups excluding carboxylic acids is 1. The number of methoxy groups -OCH3 is 1. The molecule has 6 rings (SSSR count). The van der Waals surface area contributed by atoms with Crippen LogP contribution in [-0.2, 0) is 6.42 Å². The molecule has 0 bridgehead atoms. The summed E-state index contributed by atoms with van der Waals surface area (Å²) in [5.74, 6) is 2.79. The molecule has 8 nitrogen and oxygen atoms in total. The van der Waals surface area contributed by atoms with Crippen LogP contribution in [0.5, 0.6) is 5.75 Å². The SMILES string of the molecule is COc1ccc(Nc2nc(N3CCN(c4ccccc4)CC3)nc3c2C(=O)CC(c2ccco2)C3)cc1. The third-order valence-corrected chi connectivity index (χ3v) is 7.10. The second kappa shape index (κ2) is 9.97. The zero-order valence-corrected chi connectivity index (χ0v) is 20.8. The molecule has 0 radical (unpaired) electrons. The summed E-state index contributed by atoms with van der Waals surface area (Å²) >= 11 is 0. The molecule has 0 spiro atoms.